The summed E-state index contributed by atoms with van der Waals surface area (Å²) in [6, 6.07) is 0. The van der Waals surface area contributed by atoms with Crippen LogP contribution in [0.2, 0.25) is 0 Å². The first kappa shape index (κ1) is 9.49. The van der Waals surface area contributed by atoms with Gasteiger partial charge in [-0.1, -0.05) is 6.42 Å². The molecule has 1 aliphatic heterocycles. The predicted octanol–water partition coefficient (Wildman–Crippen LogP) is 0.135. The summed E-state index contributed by atoms with van der Waals surface area (Å²) in [5, 5.41) is 2.77. The Kier molecular flexibility index (Phi) is 2.70. The quantitative estimate of drug-likeness (QED) is 0.648. The first-order valence-electron chi connectivity index (χ1n) is 5.33. The van der Waals surface area contributed by atoms with Crippen molar-refractivity contribution in [1.29, 1.82) is 0 Å². The zero-order chi connectivity index (χ0) is 9.97. The lowest BCUT2D eigenvalue weighted by atomic mass is 9.84. The number of nitrogens with zero attached hydrogens (tertiary/aromatic N) is 1. The molecule has 1 saturated heterocycles. The molecule has 4 nitrogen and oxygen atoms in total. The Morgan fingerprint density at radius 1 is 1.36 bits per heavy atom. The van der Waals surface area contributed by atoms with E-state index in [0.717, 1.165) is 32.2 Å². The van der Waals surface area contributed by atoms with Gasteiger partial charge < -0.3 is 10.2 Å². The average molecular weight is 196 g/mol. The number of carbonyl (C=O) groups excluding carboxylic acids is 2. The number of amides is 2. The molecule has 1 heterocycles. The molecule has 0 atom stereocenters. The standard InChI is InChI=1S/C10H16N2O2/c13-9-7-12(6-2-5-11-9)10(14)8-3-1-4-8/h8H,1-7H2,(H,11,13). The maximum Gasteiger partial charge on any atom is 0.239 e. The molecule has 2 rings (SSSR count). The largest absolute Gasteiger partial charge is 0.354 e. The summed E-state index contributed by atoms with van der Waals surface area (Å²) < 4.78 is 0. The fourth-order valence-electron chi connectivity index (χ4n) is 1.91. The van der Waals surface area contributed by atoms with E-state index >= 15 is 0 Å². The molecule has 1 N–H and O–H groups in total. The van der Waals surface area contributed by atoms with Gasteiger partial charge in [-0.15, -0.1) is 0 Å². The lowest BCUT2D eigenvalue weighted by molar-refractivity contribution is -0.140. The van der Waals surface area contributed by atoms with Gasteiger partial charge in [0.1, 0.15) is 0 Å². The molecule has 0 aromatic rings. The van der Waals surface area contributed by atoms with Crippen molar-refractivity contribution in [2.75, 3.05) is 19.6 Å². The van der Waals surface area contributed by atoms with Crippen molar-refractivity contribution in [3.63, 3.8) is 0 Å². The molecular formula is C10H16N2O2. The Morgan fingerprint density at radius 2 is 2.14 bits per heavy atom. The van der Waals surface area contributed by atoms with Gasteiger partial charge in [0.05, 0.1) is 6.54 Å². The number of rotatable bonds is 1. The zero-order valence-corrected chi connectivity index (χ0v) is 8.29. The van der Waals surface area contributed by atoms with Crippen molar-refractivity contribution >= 4 is 11.8 Å². The van der Waals surface area contributed by atoms with Crippen LogP contribution in [0.1, 0.15) is 25.7 Å². The molecule has 0 aromatic heterocycles. The average Bonchev–Trinajstić information content (AvgIpc) is 2.26. The number of hydrogen-bond acceptors (Lipinski definition) is 2. The van der Waals surface area contributed by atoms with E-state index in [1.165, 1.54) is 0 Å². The Hall–Kier alpha value is -1.06. The number of hydrogen-bond donors (Lipinski definition) is 1. The second-order valence-electron chi connectivity index (χ2n) is 4.09. The summed E-state index contributed by atoms with van der Waals surface area (Å²) in [5.74, 6) is 0.379. The lowest BCUT2D eigenvalue weighted by Gasteiger charge is -2.30. The highest BCUT2D eigenvalue weighted by Gasteiger charge is 2.30. The summed E-state index contributed by atoms with van der Waals surface area (Å²) in [7, 11) is 0. The number of carbonyl (C=O) groups is 2. The fraction of sp³-hybridized carbons (Fsp3) is 0.800. The predicted molar refractivity (Wildman–Crippen MR) is 51.5 cm³/mol. The summed E-state index contributed by atoms with van der Waals surface area (Å²) in [6.45, 7) is 1.69. The van der Waals surface area contributed by atoms with Gasteiger partial charge in [0.25, 0.3) is 0 Å². The van der Waals surface area contributed by atoms with Crippen LogP contribution in [0.15, 0.2) is 0 Å². The van der Waals surface area contributed by atoms with E-state index in [2.05, 4.69) is 5.32 Å². The molecular weight excluding hydrogens is 180 g/mol. The Balaban J connectivity index is 1.93. The maximum atomic E-state index is 11.8. The van der Waals surface area contributed by atoms with Gasteiger partial charge in [-0.3, -0.25) is 9.59 Å². The molecule has 78 valence electrons. The van der Waals surface area contributed by atoms with Crippen molar-refractivity contribution in [3.8, 4) is 0 Å². The third kappa shape index (κ3) is 1.89. The first-order chi connectivity index (χ1) is 6.77. The summed E-state index contributed by atoms with van der Waals surface area (Å²) in [6.07, 6.45) is 4.06. The van der Waals surface area contributed by atoms with Crippen LogP contribution in [0.3, 0.4) is 0 Å². The van der Waals surface area contributed by atoms with Crippen molar-refractivity contribution in [2.24, 2.45) is 5.92 Å². The van der Waals surface area contributed by atoms with E-state index < -0.39 is 0 Å². The van der Waals surface area contributed by atoms with E-state index in [0.29, 0.717) is 6.54 Å². The fourth-order valence-corrected chi connectivity index (χ4v) is 1.91. The molecule has 1 aliphatic carbocycles. The minimum atomic E-state index is -0.0184. The SMILES string of the molecule is O=C1CN(C(=O)C2CCC2)CCCN1. The van der Waals surface area contributed by atoms with E-state index in [-0.39, 0.29) is 24.3 Å². The maximum absolute atomic E-state index is 11.8. The van der Waals surface area contributed by atoms with E-state index in [1.807, 2.05) is 0 Å². The highest BCUT2D eigenvalue weighted by atomic mass is 16.2. The van der Waals surface area contributed by atoms with Crippen molar-refractivity contribution in [3.05, 3.63) is 0 Å². The van der Waals surface area contributed by atoms with Crippen LogP contribution < -0.4 is 5.32 Å². The Bertz CT molecular complexity index is 249. The van der Waals surface area contributed by atoms with E-state index in [9.17, 15) is 9.59 Å². The lowest BCUT2D eigenvalue weighted by Crippen LogP contribution is -2.42. The molecule has 2 aliphatic rings. The monoisotopic (exact) mass is 196 g/mol. The molecule has 4 heteroatoms. The molecule has 0 aromatic carbocycles. The highest BCUT2D eigenvalue weighted by molar-refractivity contribution is 5.86. The normalized spacial score (nSPS) is 23.7. The van der Waals surface area contributed by atoms with Gasteiger partial charge in [-0.25, -0.2) is 0 Å². The Labute approximate surface area is 83.6 Å². The summed E-state index contributed by atoms with van der Waals surface area (Å²) in [5.41, 5.74) is 0. The van der Waals surface area contributed by atoms with Gasteiger partial charge in [-0.2, -0.15) is 0 Å². The van der Waals surface area contributed by atoms with Crippen molar-refractivity contribution < 1.29 is 9.59 Å². The van der Waals surface area contributed by atoms with Crippen LogP contribution in [0.25, 0.3) is 0 Å². The second-order valence-corrected chi connectivity index (χ2v) is 4.09. The van der Waals surface area contributed by atoms with Crippen LogP contribution in [-0.2, 0) is 9.59 Å². The van der Waals surface area contributed by atoms with E-state index in [4.69, 9.17) is 0 Å². The molecule has 1 saturated carbocycles. The van der Waals surface area contributed by atoms with Crippen molar-refractivity contribution in [1.82, 2.24) is 10.2 Å². The Morgan fingerprint density at radius 3 is 2.79 bits per heavy atom. The topological polar surface area (TPSA) is 49.4 Å². The van der Waals surface area contributed by atoms with Gasteiger partial charge in [0.15, 0.2) is 0 Å². The van der Waals surface area contributed by atoms with Gasteiger partial charge in [-0.05, 0) is 19.3 Å². The van der Waals surface area contributed by atoms with Crippen LogP contribution in [0.5, 0.6) is 0 Å². The first-order valence-corrected chi connectivity index (χ1v) is 5.33. The van der Waals surface area contributed by atoms with Gasteiger partial charge in [0, 0.05) is 19.0 Å². The highest BCUT2D eigenvalue weighted by Crippen LogP contribution is 2.28. The third-order valence-corrected chi connectivity index (χ3v) is 3.03. The molecule has 0 unspecified atom stereocenters. The molecule has 0 spiro atoms. The number of nitrogens with one attached hydrogen (secondary N) is 1. The molecule has 14 heavy (non-hydrogen) atoms. The summed E-state index contributed by atoms with van der Waals surface area (Å²) >= 11 is 0. The smallest absolute Gasteiger partial charge is 0.239 e. The minimum Gasteiger partial charge on any atom is -0.354 e. The van der Waals surface area contributed by atoms with Crippen LogP contribution in [-0.4, -0.2) is 36.3 Å². The zero-order valence-electron chi connectivity index (χ0n) is 8.29. The molecule has 0 bridgehead atoms. The second kappa shape index (κ2) is 3.98. The van der Waals surface area contributed by atoms with Crippen LogP contribution in [0.4, 0.5) is 0 Å². The molecule has 0 radical (unpaired) electrons. The van der Waals surface area contributed by atoms with Crippen LogP contribution in [0, 0.1) is 5.92 Å². The van der Waals surface area contributed by atoms with Gasteiger partial charge in [0.2, 0.25) is 11.8 Å². The van der Waals surface area contributed by atoms with Gasteiger partial charge >= 0.3 is 0 Å². The minimum absolute atomic E-state index is 0.0184. The summed E-state index contributed by atoms with van der Waals surface area (Å²) in [4.78, 5) is 24.8. The van der Waals surface area contributed by atoms with E-state index in [1.54, 1.807) is 4.90 Å². The molecule has 2 amide bonds. The van der Waals surface area contributed by atoms with Crippen LogP contribution >= 0.6 is 0 Å². The van der Waals surface area contributed by atoms with Crippen molar-refractivity contribution in [2.45, 2.75) is 25.7 Å². The third-order valence-electron chi connectivity index (χ3n) is 3.03. The molecule has 2 fully saturated rings.